The molecule has 2 fully saturated rings. The Bertz CT molecular complexity index is 1090. The van der Waals surface area contributed by atoms with Gasteiger partial charge in [0.2, 0.25) is 0 Å². The van der Waals surface area contributed by atoms with E-state index in [4.69, 9.17) is 5.26 Å². The number of hydrogen-bond donors (Lipinski definition) is 0. The highest BCUT2D eigenvalue weighted by atomic mass is 16.2. The third kappa shape index (κ3) is 3.67. The molecule has 2 aromatic rings. The third-order valence-electron chi connectivity index (χ3n) is 6.75. The Morgan fingerprint density at radius 1 is 1.10 bits per heavy atom. The predicted octanol–water partition coefficient (Wildman–Crippen LogP) is 4.08. The minimum Gasteiger partial charge on any atom is -0.337 e. The van der Waals surface area contributed by atoms with Crippen LogP contribution in [0.2, 0.25) is 0 Å². The molecule has 2 aliphatic heterocycles. The van der Waals surface area contributed by atoms with Crippen molar-refractivity contribution >= 4 is 23.3 Å². The summed E-state index contributed by atoms with van der Waals surface area (Å²) >= 11 is 0. The molecule has 7 heteroatoms. The lowest BCUT2D eigenvalue weighted by Crippen LogP contribution is -2.29. The van der Waals surface area contributed by atoms with Crippen molar-refractivity contribution in [2.75, 3.05) is 13.1 Å². The van der Waals surface area contributed by atoms with Gasteiger partial charge in [-0.2, -0.15) is 15.0 Å². The van der Waals surface area contributed by atoms with E-state index >= 15 is 0 Å². The second-order valence-corrected chi connectivity index (χ2v) is 8.75. The van der Waals surface area contributed by atoms with Gasteiger partial charge in [-0.1, -0.05) is 43.5 Å². The van der Waals surface area contributed by atoms with Crippen molar-refractivity contribution in [3.8, 4) is 6.07 Å². The van der Waals surface area contributed by atoms with Gasteiger partial charge in [-0.3, -0.25) is 9.59 Å². The van der Waals surface area contributed by atoms with Crippen molar-refractivity contribution in [2.45, 2.75) is 50.9 Å². The van der Waals surface area contributed by atoms with Crippen molar-refractivity contribution in [1.82, 2.24) is 14.7 Å². The highest BCUT2D eigenvalue weighted by Crippen LogP contribution is 2.33. The average Bonchev–Trinajstić information content (AvgIpc) is 3.47. The van der Waals surface area contributed by atoms with E-state index in [0.717, 1.165) is 5.56 Å². The van der Waals surface area contributed by atoms with Crippen LogP contribution >= 0.6 is 0 Å². The van der Waals surface area contributed by atoms with Gasteiger partial charge < -0.3 is 4.90 Å². The van der Waals surface area contributed by atoms with Crippen molar-refractivity contribution in [2.24, 2.45) is 10.9 Å². The Hall–Kier alpha value is -3.27. The van der Waals surface area contributed by atoms with E-state index in [1.807, 2.05) is 12.1 Å². The van der Waals surface area contributed by atoms with Crippen LogP contribution in [0, 0.1) is 17.2 Å². The molecule has 1 aliphatic carbocycles. The van der Waals surface area contributed by atoms with Crippen LogP contribution in [-0.2, 0) is 0 Å². The largest absolute Gasteiger partial charge is 0.337 e. The van der Waals surface area contributed by atoms with E-state index in [1.165, 1.54) is 48.5 Å². The summed E-state index contributed by atoms with van der Waals surface area (Å²) in [6.07, 6.45) is 8.66. The molecule has 1 aromatic heterocycles. The van der Waals surface area contributed by atoms with Crippen LogP contribution in [0.5, 0.6) is 0 Å². The summed E-state index contributed by atoms with van der Waals surface area (Å²) < 4.78 is 1.23. The topological polar surface area (TPSA) is 91.3 Å². The van der Waals surface area contributed by atoms with Gasteiger partial charge in [0.05, 0.1) is 30.3 Å². The first kappa shape index (κ1) is 19.7. The van der Waals surface area contributed by atoms with Gasteiger partial charge in [0.1, 0.15) is 5.56 Å². The van der Waals surface area contributed by atoms with Gasteiger partial charge in [-0.15, -0.1) is 0 Å². The number of carbonyl (C=O) groups is 2. The maximum atomic E-state index is 13.0. The summed E-state index contributed by atoms with van der Waals surface area (Å²) in [4.78, 5) is 32.0. The first-order valence-electron chi connectivity index (χ1n) is 11.1. The van der Waals surface area contributed by atoms with E-state index in [0.29, 0.717) is 42.5 Å². The maximum Gasteiger partial charge on any atom is 0.259 e. The fourth-order valence-corrected chi connectivity index (χ4v) is 4.94. The van der Waals surface area contributed by atoms with Crippen molar-refractivity contribution in [3.63, 3.8) is 0 Å². The molecule has 1 amide bonds. The SMILES string of the molecule is N#C[C@@H]1CCN(C(=O)c2cnn3c2N=C(c2ccc(C4CCCCC4)cc2)CC3=O)C1. The zero-order valence-corrected chi connectivity index (χ0v) is 17.5. The molecule has 1 atom stereocenters. The van der Waals surface area contributed by atoms with E-state index in [-0.39, 0.29) is 24.2 Å². The Balaban J connectivity index is 1.41. The van der Waals surface area contributed by atoms with Crippen LogP contribution in [0.3, 0.4) is 0 Å². The highest BCUT2D eigenvalue weighted by molar-refractivity contribution is 6.15. The molecular formula is C24H25N5O2. The number of amides is 1. The molecule has 5 rings (SSSR count). The number of aliphatic imine (C=N–C) groups is 1. The minimum atomic E-state index is -0.218. The van der Waals surface area contributed by atoms with E-state index in [9.17, 15) is 9.59 Å². The molecule has 0 bridgehead atoms. The smallest absolute Gasteiger partial charge is 0.259 e. The molecule has 158 valence electrons. The monoisotopic (exact) mass is 415 g/mol. The number of hydrogen-bond acceptors (Lipinski definition) is 5. The van der Waals surface area contributed by atoms with Crippen LogP contribution < -0.4 is 0 Å². The molecular weight excluding hydrogens is 390 g/mol. The molecule has 7 nitrogen and oxygen atoms in total. The van der Waals surface area contributed by atoms with Crippen LogP contribution in [-0.4, -0.2) is 45.3 Å². The third-order valence-corrected chi connectivity index (χ3v) is 6.75. The molecule has 0 spiro atoms. The van der Waals surface area contributed by atoms with Crippen LogP contribution in [0.15, 0.2) is 35.5 Å². The fourth-order valence-electron chi connectivity index (χ4n) is 4.94. The van der Waals surface area contributed by atoms with Crippen LogP contribution in [0.1, 0.15) is 77.1 Å². The first-order chi connectivity index (χ1) is 15.1. The standard InChI is InChI=1S/C24H25N5O2/c25-13-16-10-11-28(15-16)24(31)20-14-26-29-22(30)12-21(27-23(20)29)19-8-6-18(7-9-19)17-4-2-1-3-5-17/h6-9,14,16-17H,1-5,10-12,15H2/t16-/m0/s1. The summed E-state index contributed by atoms with van der Waals surface area (Å²) in [6, 6.07) is 10.6. The number of benzene rings is 1. The molecule has 1 saturated heterocycles. The van der Waals surface area contributed by atoms with Gasteiger partial charge in [0, 0.05) is 13.1 Å². The number of aromatic nitrogens is 2. The zero-order valence-electron chi connectivity index (χ0n) is 17.5. The summed E-state index contributed by atoms with van der Waals surface area (Å²) in [5.74, 6) is 0.379. The number of rotatable bonds is 3. The molecule has 0 N–H and O–H groups in total. The second-order valence-electron chi connectivity index (χ2n) is 8.75. The Labute approximate surface area is 181 Å². The molecule has 1 aromatic carbocycles. The molecule has 0 radical (unpaired) electrons. The Morgan fingerprint density at radius 3 is 2.58 bits per heavy atom. The number of fused-ring (bicyclic) bond motifs is 1. The maximum absolute atomic E-state index is 13.0. The van der Waals surface area contributed by atoms with E-state index in [1.54, 1.807) is 4.90 Å². The van der Waals surface area contributed by atoms with Gasteiger partial charge in [0.15, 0.2) is 5.82 Å². The van der Waals surface area contributed by atoms with Gasteiger partial charge in [0.25, 0.3) is 11.8 Å². The normalized spacial score (nSPS) is 21.5. The molecule has 31 heavy (non-hydrogen) atoms. The van der Waals surface area contributed by atoms with Crippen molar-refractivity contribution in [3.05, 3.63) is 47.2 Å². The van der Waals surface area contributed by atoms with Gasteiger partial charge in [-0.25, -0.2) is 4.99 Å². The van der Waals surface area contributed by atoms with Crippen LogP contribution in [0.25, 0.3) is 0 Å². The Kier molecular flexibility index (Phi) is 5.14. The molecule has 0 unspecified atom stereocenters. The summed E-state index contributed by atoms with van der Waals surface area (Å²) in [5.41, 5.74) is 3.25. The quantitative estimate of drug-likeness (QED) is 0.755. The van der Waals surface area contributed by atoms with Crippen LogP contribution in [0.4, 0.5) is 5.82 Å². The lowest BCUT2D eigenvalue weighted by molar-refractivity contribution is 0.0790. The van der Waals surface area contributed by atoms with Gasteiger partial charge in [-0.05, 0) is 36.3 Å². The average molecular weight is 415 g/mol. The molecule has 1 saturated carbocycles. The van der Waals surface area contributed by atoms with E-state index in [2.05, 4.69) is 28.3 Å². The first-order valence-corrected chi connectivity index (χ1v) is 11.1. The summed E-state index contributed by atoms with van der Waals surface area (Å²) in [6.45, 7) is 0.946. The fraction of sp³-hybridized carbons (Fsp3) is 0.458. The van der Waals surface area contributed by atoms with Crippen molar-refractivity contribution in [1.29, 1.82) is 5.26 Å². The number of nitriles is 1. The predicted molar refractivity (Wildman–Crippen MR) is 116 cm³/mol. The molecule has 3 aliphatic rings. The number of likely N-dealkylation sites (tertiary alicyclic amines) is 1. The van der Waals surface area contributed by atoms with Crippen molar-refractivity contribution < 1.29 is 9.59 Å². The summed E-state index contributed by atoms with van der Waals surface area (Å²) in [7, 11) is 0. The summed E-state index contributed by atoms with van der Waals surface area (Å²) in [5, 5.41) is 13.2. The minimum absolute atomic E-state index is 0.140. The number of nitrogens with zero attached hydrogens (tertiary/aromatic N) is 5. The van der Waals surface area contributed by atoms with Gasteiger partial charge >= 0.3 is 0 Å². The number of carbonyl (C=O) groups excluding carboxylic acids is 2. The highest BCUT2D eigenvalue weighted by Gasteiger charge is 2.32. The lowest BCUT2D eigenvalue weighted by atomic mass is 9.84. The lowest BCUT2D eigenvalue weighted by Gasteiger charge is -2.22. The Morgan fingerprint density at radius 2 is 1.87 bits per heavy atom. The second kappa shape index (κ2) is 8.10. The van der Waals surface area contributed by atoms with E-state index < -0.39 is 0 Å². The molecule has 3 heterocycles. The zero-order chi connectivity index (χ0) is 21.4.